The van der Waals surface area contributed by atoms with Crippen molar-refractivity contribution in [2.45, 2.75) is 18.3 Å². The molecule has 0 unspecified atom stereocenters. The number of carbonyl (C=O) groups excluding carboxylic acids is 1. The molecule has 1 aliphatic rings. The molecule has 1 aliphatic carbocycles. The van der Waals surface area contributed by atoms with E-state index in [1.807, 2.05) is 0 Å². The van der Waals surface area contributed by atoms with Gasteiger partial charge in [0.05, 0.1) is 28.1 Å². The fourth-order valence-corrected chi connectivity index (χ4v) is 3.05. The Morgan fingerprint density at radius 1 is 1.17 bits per heavy atom. The number of carbonyl (C=O) groups is 1. The van der Waals surface area contributed by atoms with E-state index >= 15 is 0 Å². The third-order valence-electron chi connectivity index (χ3n) is 4.13. The van der Waals surface area contributed by atoms with Crippen LogP contribution in [0, 0.1) is 0 Å². The summed E-state index contributed by atoms with van der Waals surface area (Å²) in [4.78, 5) is 12.7. The van der Waals surface area contributed by atoms with E-state index in [1.54, 1.807) is 42.7 Å². The summed E-state index contributed by atoms with van der Waals surface area (Å²) in [5.41, 5.74) is 0.431. The molecule has 0 aliphatic heterocycles. The van der Waals surface area contributed by atoms with Gasteiger partial charge < -0.3 is 14.3 Å². The highest BCUT2D eigenvalue weighted by Gasteiger charge is 2.54. The molecule has 0 radical (unpaired) electrons. The first kappa shape index (κ1) is 15.3. The van der Waals surface area contributed by atoms with Crippen molar-refractivity contribution >= 4 is 34.8 Å². The van der Waals surface area contributed by atoms with Crippen molar-refractivity contribution in [2.24, 2.45) is 0 Å². The molecule has 24 heavy (non-hydrogen) atoms. The summed E-state index contributed by atoms with van der Waals surface area (Å²) in [7, 11) is 0. The monoisotopic (exact) mass is 362 g/mol. The van der Waals surface area contributed by atoms with Crippen molar-refractivity contribution in [1.29, 1.82) is 0 Å². The standard InChI is InChI=1S/C17H12Cl2N2O3/c18-10-3-4-12(11(19)8-10)20-16(22)17(5-6-17)15-9-14(24-21-15)13-2-1-7-23-13/h1-4,7-9H,5-6H2,(H,20,22). The Morgan fingerprint density at radius 2 is 2.00 bits per heavy atom. The van der Waals surface area contributed by atoms with Gasteiger partial charge in [-0.15, -0.1) is 0 Å². The molecule has 1 N–H and O–H groups in total. The molecule has 2 aromatic heterocycles. The summed E-state index contributed by atoms with van der Waals surface area (Å²) in [6.07, 6.45) is 2.96. The molecule has 1 aromatic carbocycles. The molecule has 1 amide bonds. The van der Waals surface area contributed by atoms with Gasteiger partial charge in [-0.3, -0.25) is 4.79 Å². The topological polar surface area (TPSA) is 68.3 Å². The number of amides is 1. The van der Waals surface area contributed by atoms with Crippen LogP contribution < -0.4 is 5.32 Å². The zero-order chi connectivity index (χ0) is 16.7. The number of nitrogens with one attached hydrogen (secondary N) is 1. The number of furan rings is 1. The van der Waals surface area contributed by atoms with Gasteiger partial charge in [0.2, 0.25) is 11.7 Å². The van der Waals surface area contributed by atoms with Gasteiger partial charge in [0, 0.05) is 11.1 Å². The van der Waals surface area contributed by atoms with Crippen LogP contribution in [-0.2, 0) is 10.2 Å². The molecule has 5 nitrogen and oxygen atoms in total. The molecule has 7 heteroatoms. The van der Waals surface area contributed by atoms with Crippen LogP contribution in [0.2, 0.25) is 10.0 Å². The summed E-state index contributed by atoms with van der Waals surface area (Å²) in [5.74, 6) is 0.912. The molecule has 1 saturated carbocycles. The smallest absolute Gasteiger partial charge is 0.236 e. The van der Waals surface area contributed by atoms with Crippen molar-refractivity contribution < 1.29 is 13.7 Å². The molecule has 122 valence electrons. The minimum Gasteiger partial charge on any atom is -0.461 e. The molecule has 2 heterocycles. The average Bonchev–Trinajstić information content (AvgIpc) is 3.00. The lowest BCUT2D eigenvalue weighted by Gasteiger charge is -2.13. The lowest BCUT2D eigenvalue weighted by molar-refractivity contribution is -0.118. The minimum atomic E-state index is -0.683. The molecular weight excluding hydrogens is 351 g/mol. The number of hydrogen-bond donors (Lipinski definition) is 1. The van der Waals surface area contributed by atoms with Gasteiger partial charge in [-0.1, -0.05) is 28.4 Å². The Morgan fingerprint density at radius 3 is 2.67 bits per heavy atom. The molecule has 0 atom stereocenters. The highest BCUT2D eigenvalue weighted by atomic mass is 35.5. The maximum absolute atomic E-state index is 12.7. The van der Waals surface area contributed by atoms with Crippen molar-refractivity contribution in [3.8, 4) is 11.5 Å². The Hall–Kier alpha value is -2.24. The number of anilines is 1. The molecule has 0 bridgehead atoms. The largest absolute Gasteiger partial charge is 0.461 e. The molecular formula is C17H12Cl2N2O3. The maximum Gasteiger partial charge on any atom is 0.236 e. The predicted octanol–water partition coefficient (Wildman–Crippen LogP) is 4.91. The number of halogens is 2. The Bertz CT molecular complexity index is 898. The highest BCUT2D eigenvalue weighted by molar-refractivity contribution is 6.36. The van der Waals surface area contributed by atoms with E-state index in [-0.39, 0.29) is 5.91 Å². The van der Waals surface area contributed by atoms with E-state index in [0.717, 1.165) is 0 Å². The van der Waals surface area contributed by atoms with Crippen molar-refractivity contribution in [3.05, 3.63) is 58.4 Å². The Kier molecular flexibility index (Phi) is 3.62. The van der Waals surface area contributed by atoms with Crippen molar-refractivity contribution in [3.63, 3.8) is 0 Å². The normalized spacial score (nSPS) is 15.2. The minimum absolute atomic E-state index is 0.161. The first-order valence-electron chi connectivity index (χ1n) is 7.36. The van der Waals surface area contributed by atoms with Crippen molar-refractivity contribution in [1.82, 2.24) is 5.16 Å². The lowest BCUT2D eigenvalue weighted by atomic mass is 10.0. The van der Waals surface area contributed by atoms with Gasteiger partial charge in [0.15, 0.2) is 5.76 Å². The summed E-state index contributed by atoms with van der Waals surface area (Å²) < 4.78 is 10.6. The zero-order valence-corrected chi connectivity index (χ0v) is 13.9. The molecule has 4 rings (SSSR count). The van der Waals surface area contributed by atoms with E-state index in [1.165, 1.54) is 0 Å². The first-order valence-corrected chi connectivity index (χ1v) is 8.12. The quantitative estimate of drug-likeness (QED) is 0.715. The van der Waals surface area contributed by atoms with E-state index in [2.05, 4.69) is 10.5 Å². The maximum atomic E-state index is 12.7. The lowest BCUT2D eigenvalue weighted by Crippen LogP contribution is -2.28. The average molecular weight is 363 g/mol. The molecule has 0 saturated heterocycles. The number of benzene rings is 1. The van der Waals surface area contributed by atoms with Gasteiger partial charge in [-0.05, 0) is 43.2 Å². The van der Waals surface area contributed by atoms with Crippen LogP contribution >= 0.6 is 23.2 Å². The fraction of sp³-hybridized carbons (Fsp3) is 0.176. The van der Waals surface area contributed by atoms with Crippen LogP contribution in [0.1, 0.15) is 18.5 Å². The van der Waals surface area contributed by atoms with Gasteiger partial charge in [0.1, 0.15) is 0 Å². The second kappa shape index (κ2) is 5.69. The van der Waals surface area contributed by atoms with Crippen LogP contribution in [-0.4, -0.2) is 11.1 Å². The highest BCUT2D eigenvalue weighted by Crippen LogP contribution is 2.49. The van der Waals surface area contributed by atoms with Crippen LogP contribution in [0.5, 0.6) is 0 Å². The second-order valence-electron chi connectivity index (χ2n) is 5.71. The third-order valence-corrected chi connectivity index (χ3v) is 4.68. The molecule has 3 aromatic rings. The summed E-state index contributed by atoms with van der Waals surface area (Å²) in [5, 5.41) is 7.81. The van der Waals surface area contributed by atoms with Crippen LogP contribution in [0.4, 0.5) is 5.69 Å². The van der Waals surface area contributed by atoms with Gasteiger partial charge in [0.25, 0.3) is 0 Å². The predicted molar refractivity (Wildman–Crippen MR) is 90.2 cm³/mol. The van der Waals surface area contributed by atoms with E-state index < -0.39 is 5.41 Å². The summed E-state index contributed by atoms with van der Waals surface area (Å²) in [6.45, 7) is 0. The van der Waals surface area contributed by atoms with E-state index in [9.17, 15) is 4.79 Å². The van der Waals surface area contributed by atoms with Gasteiger partial charge in [-0.2, -0.15) is 0 Å². The number of hydrogen-bond acceptors (Lipinski definition) is 4. The third kappa shape index (κ3) is 2.60. The van der Waals surface area contributed by atoms with E-state index in [0.29, 0.717) is 45.8 Å². The molecule has 0 spiro atoms. The van der Waals surface area contributed by atoms with Crippen LogP contribution in [0.25, 0.3) is 11.5 Å². The molecule has 1 fully saturated rings. The fourth-order valence-electron chi connectivity index (χ4n) is 2.59. The number of nitrogens with zero attached hydrogens (tertiary/aromatic N) is 1. The van der Waals surface area contributed by atoms with Gasteiger partial charge >= 0.3 is 0 Å². The van der Waals surface area contributed by atoms with Crippen molar-refractivity contribution in [2.75, 3.05) is 5.32 Å². The second-order valence-corrected chi connectivity index (χ2v) is 6.56. The number of rotatable bonds is 4. The Balaban J connectivity index is 1.58. The summed E-state index contributed by atoms with van der Waals surface area (Å²) in [6, 6.07) is 10.2. The zero-order valence-electron chi connectivity index (χ0n) is 12.4. The first-order chi connectivity index (χ1) is 11.6. The Labute approximate surface area is 147 Å². The SMILES string of the molecule is O=C(Nc1ccc(Cl)cc1Cl)C1(c2cc(-c3ccco3)on2)CC1. The van der Waals surface area contributed by atoms with Crippen LogP contribution in [0.15, 0.2) is 51.6 Å². The van der Waals surface area contributed by atoms with Crippen LogP contribution in [0.3, 0.4) is 0 Å². The number of aromatic nitrogens is 1. The summed E-state index contributed by atoms with van der Waals surface area (Å²) >= 11 is 12.0. The van der Waals surface area contributed by atoms with E-state index in [4.69, 9.17) is 32.1 Å². The van der Waals surface area contributed by atoms with Gasteiger partial charge in [-0.25, -0.2) is 0 Å².